The van der Waals surface area contributed by atoms with Gasteiger partial charge in [0, 0.05) is 22.8 Å². The number of hydrogen-bond donors (Lipinski definition) is 1. The van der Waals surface area contributed by atoms with Crippen LogP contribution >= 0.6 is 11.3 Å². The first kappa shape index (κ1) is 17.5. The molecule has 3 rings (SSSR count). The lowest BCUT2D eigenvalue weighted by Gasteiger charge is -2.05. The van der Waals surface area contributed by atoms with Crippen molar-refractivity contribution in [2.75, 3.05) is 12.4 Å². The van der Waals surface area contributed by atoms with E-state index in [9.17, 15) is 14.9 Å². The van der Waals surface area contributed by atoms with Gasteiger partial charge in [0.1, 0.15) is 10.8 Å². The summed E-state index contributed by atoms with van der Waals surface area (Å²) in [4.78, 5) is 22.9. The molecule has 2 aromatic carbocycles. The van der Waals surface area contributed by atoms with Crippen LogP contribution < -0.4 is 10.1 Å². The van der Waals surface area contributed by atoms with Gasteiger partial charge >= 0.3 is 0 Å². The number of nitro groups is 1. The Labute approximate surface area is 152 Å². The Morgan fingerprint density at radius 3 is 2.58 bits per heavy atom. The van der Waals surface area contributed by atoms with Crippen LogP contribution in [0.5, 0.6) is 5.75 Å². The van der Waals surface area contributed by atoms with Crippen LogP contribution in [0.25, 0.3) is 10.6 Å². The number of nitrogens with one attached hydrogen (secondary N) is 1. The number of carbonyl (C=O) groups excluding carboxylic acids is 1. The maximum absolute atomic E-state index is 12.4. The van der Waals surface area contributed by atoms with Gasteiger partial charge in [-0.2, -0.15) is 0 Å². The number of ether oxygens (including phenoxy) is 1. The monoisotopic (exact) mass is 370 g/mol. The molecule has 3 aromatic rings. The summed E-state index contributed by atoms with van der Waals surface area (Å²) in [6.07, 6.45) is 0. The fourth-order valence-electron chi connectivity index (χ4n) is 2.36. The molecule has 0 radical (unpaired) electrons. The van der Waals surface area contributed by atoms with Gasteiger partial charge in [0.05, 0.1) is 12.0 Å². The molecule has 8 nitrogen and oxygen atoms in total. The van der Waals surface area contributed by atoms with E-state index in [0.717, 1.165) is 11.3 Å². The molecule has 0 fully saturated rings. The number of nitro benzene ring substituents is 1. The summed E-state index contributed by atoms with van der Waals surface area (Å²) in [6.45, 7) is 1.54. The minimum Gasteiger partial charge on any atom is -0.497 e. The summed E-state index contributed by atoms with van der Waals surface area (Å²) >= 11 is 1.21. The number of rotatable bonds is 5. The number of aromatic nitrogens is 2. The first-order chi connectivity index (χ1) is 12.5. The maximum atomic E-state index is 12.4. The van der Waals surface area contributed by atoms with Crippen LogP contribution in [0.4, 0.5) is 10.8 Å². The fraction of sp³-hybridized carbons (Fsp3) is 0.118. The van der Waals surface area contributed by atoms with Crippen LogP contribution in [0.1, 0.15) is 15.9 Å². The van der Waals surface area contributed by atoms with E-state index in [0.29, 0.717) is 15.7 Å². The number of carbonyl (C=O) groups is 1. The molecule has 1 heterocycles. The van der Waals surface area contributed by atoms with E-state index >= 15 is 0 Å². The molecule has 0 bridgehead atoms. The van der Waals surface area contributed by atoms with Gasteiger partial charge in [-0.1, -0.05) is 17.4 Å². The van der Waals surface area contributed by atoms with Crippen molar-refractivity contribution < 1.29 is 14.5 Å². The SMILES string of the molecule is COc1ccc(-c2nnc(NC(=O)c3cccc([N+](=O)[O-])c3C)s2)cc1. The average molecular weight is 370 g/mol. The van der Waals surface area contributed by atoms with Gasteiger partial charge in [0.2, 0.25) is 5.13 Å². The third kappa shape index (κ3) is 3.52. The topological polar surface area (TPSA) is 107 Å². The van der Waals surface area contributed by atoms with E-state index < -0.39 is 10.8 Å². The third-order valence-corrected chi connectivity index (χ3v) is 4.62. The lowest BCUT2D eigenvalue weighted by Crippen LogP contribution is -2.14. The molecule has 0 saturated carbocycles. The largest absolute Gasteiger partial charge is 0.497 e. The maximum Gasteiger partial charge on any atom is 0.273 e. The molecule has 0 aliphatic rings. The fourth-order valence-corrected chi connectivity index (χ4v) is 3.10. The Kier molecular flexibility index (Phi) is 4.90. The van der Waals surface area contributed by atoms with Crippen LogP contribution in [-0.2, 0) is 0 Å². The summed E-state index contributed by atoms with van der Waals surface area (Å²) < 4.78 is 5.11. The molecule has 1 amide bonds. The van der Waals surface area contributed by atoms with Gasteiger partial charge in [-0.3, -0.25) is 20.2 Å². The molecule has 132 valence electrons. The van der Waals surface area contributed by atoms with Crippen LogP contribution in [0.3, 0.4) is 0 Å². The van der Waals surface area contributed by atoms with Crippen LogP contribution in [0.15, 0.2) is 42.5 Å². The summed E-state index contributed by atoms with van der Waals surface area (Å²) in [5.41, 5.74) is 1.26. The number of anilines is 1. The van der Waals surface area contributed by atoms with Crippen molar-refractivity contribution in [3.05, 3.63) is 63.7 Å². The Morgan fingerprint density at radius 2 is 1.92 bits per heavy atom. The highest BCUT2D eigenvalue weighted by Gasteiger charge is 2.19. The summed E-state index contributed by atoms with van der Waals surface area (Å²) in [5, 5.41) is 22.6. The highest BCUT2D eigenvalue weighted by Crippen LogP contribution is 2.28. The quantitative estimate of drug-likeness (QED) is 0.542. The van der Waals surface area contributed by atoms with Crippen molar-refractivity contribution >= 4 is 28.1 Å². The number of nitrogens with zero attached hydrogens (tertiary/aromatic N) is 3. The summed E-state index contributed by atoms with van der Waals surface area (Å²) in [5.74, 6) is 0.261. The molecule has 0 atom stereocenters. The molecule has 0 saturated heterocycles. The van der Waals surface area contributed by atoms with Crippen LogP contribution in [0.2, 0.25) is 0 Å². The Hall–Kier alpha value is -3.33. The summed E-state index contributed by atoms with van der Waals surface area (Å²) in [6, 6.07) is 11.7. The number of amides is 1. The van der Waals surface area contributed by atoms with Crippen molar-refractivity contribution in [2.24, 2.45) is 0 Å². The zero-order valence-corrected chi connectivity index (χ0v) is 14.7. The number of methoxy groups -OCH3 is 1. The van der Waals surface area contributed by atoms with Gasteiger partial charge in [0.25, 0.3) is 11.6 Å². The zero-order valence-electron chi connectivity index (χ0n) is 13.9. The highest BCUT2D eigenvalue weighted by atomic mass is 32.1. The molecular formula is C17H14N4O4S. The van der Waals surface area contributed by atoms with E-state index in [4.69, 9.17) is 4.74 Å². The lowest BCUT2D eigenvalue weighted by molar-refractivity contribution is -0.385. The summed E-state index contributed by atoms with van der Waals surface area (Å²) in [7, 11) is 1.59. The van der Waals surface area contributed by atoms with Crippen molar-refractivity contribution in [3.63, 3.8) is 0 Å². The number of hydrogen-bond acceptors (Lipinski definition) is 7. The molecule has 0 unspecified atom stereocenters. The number of benzene rings is 2. The molecule has 26 heavy (non-hydrogen) atoms. The second-order valence-electron chi connectivity index (χ2n) is 5.30. The van der Waals surface area contributed by atoms with E-state index in [1.165, 1.54) is 36.5 Å². The molecule has 0 spiro atoms. The van der Waals surface area contributed by atoms with Crippen LogP contribution in [0, 0.1) is 17.0 Å². The van der Waals surface area contributed by atoms with Gasteiger partial charge in [-0.25, -0.2) is 0 Å². The molecule has 0 aliphatic heterocycles. The molecular weight excluding hydrogens is 356 g/mol. The first-order valence-electron chi connectivity index (χ1n) is 7.53. The first-order valence-corrected chi connectivity index (χ1v) is 8.34. The normalized spacial score (nSPS) is 10.4. The van der Waals surface area contributed by atoms with Gasteiger partial charge in [-0.05, 0) is 37.3 Å². The average Bonchev–Trinajstić information content (AvgIpc) is 3.10. The predicted molar refractivity (Wildman–Crippen MR) is 97.7 cm³/mol. The molecule has 1 N–H and O–H groups in total. The van der Waals surface area contributed by atoms with E-state index in [-0.39, 0.29) is 11.3 Å². The minimum atomic E-state index is -0.515. The second-order valence-corrected chi connectivity index (χ2v) is 6.28. The lowest BCUT2D eigenvalue weighted by atomic mass is 10.1. The standard InChI is InChI=1S/C17H14N4O4S/c1-10-13(4-3-5-14(10)21(23)24)15(22)18-17-20-19-16(26-17)11-6-8-12(25-2)9-7-11/h3-9H,1-2H3,(H,18,20,22). The van der Waals surface area contributed by atoms with Crippen molar-refractivity contribution in [3.8, 4) is 16.3 Å². The second kappa shape index (κ2) is 7.28. The van der Waals surface area contributed by atoms with Crippen LogP contribution in [-0.4, -0.2) is 28.1 Å². The van der Waals surface area contributed by atoms with Gasteiger partial charge in [-0.15, -0.1) is 10.2 Å². The minimum absolute atomic E-state index is 0.103. The third-order valence-electron chi connectivity index (χ3n) is 3.73. The smallest absolute Gasteiger partial charge is 0.273 e. The predicted octanol–water partition coefficient (Wildman–Crippen LogP) is 3.68. The van der Waals surface area contributed by atoms with E-state index in [1.807, 2.05) is 12.1 Å². The molecule has 9 heteroatoms. The Balaban J connectivity index is 1.80. The highest BCUT2D eigenvalue weighted by molar-refractivity contribution is 7.18. The van der Waals surface area contributed by atoms with Crippen molar-refractivity contribution in [2.45, 2.75) is 6.92 Å². The zero-order chi connectivity index (χ0) is 18.7. The van der Waals surface area contributed by atoms with Crippen molar-refractivity contribution in [1.82, 2.24) is 10.2 Å². The van der Waals surface area contributed by atoms with E-state index in [1.54, 1.807) is 19.2 Å². The molecule has 0 aliphatic carbocycles. The molecule has 1 aromatic heterocycles. The van der Waals surface area contributed by atoms with Gasteiger partial charge in [0.15, 0.2) is 0 Å². The van der Waals surface area contributed by atoms with Gasteiger partial charge < -0.3 is 4.74 Å². The van der Waals surface area contributed by atoms with E-state index in [2.05, 4.69) is 15.5 Å². The Bertz CT molecular complexity index is 969. The Morgan fingerprint density at radius 1 is 1.19 bits per heavy atom. The van der Waals surface area contributed by atoms with Crippen molar-refractivity contribution in [1.29, 1.82) is 0 Å².